The first-order valence-electron chi connectivity index (χ1n) is 14.9. The minimum Gasteiger partial charge on any atom is -0.475 e. The highest BCUT2D eigenvalue weighted by Crippen LogP contribution is 2.30. The number of rotatable bonds is 7. The molecule has 17 heteroatoms. The van der Waals surface area contributed by atoms with Crippen LogP contribution < -0.4 is 16.0 Å². The average molecular weight is 710 g/mol. The number of nitrogens with one attached hydrogen (secondary N) is 4. The number of hydrogen-bond donors (Lipinski definition) is 6. The van der Waals surface area contributed by atoms with Gasteiger partial charge in [-0.2, -0.15) is 26.3 Å². The molecular weight excluding hydrogens is 676 g/mol. The predicted octanol–water partition coefficient (Wildman–Crippen LogP) is 5.15. The molecule has 1 saturated heterocycles. The molecule has 2 aromatic carbocycles. The van der Waals surface area contributed by atoms with Gasteiger partial charge in [-0.3, -0.25) is 14.6 Å². The van der Waals surface area contributed by atoms with Gasteiger partial charge < -0.3 is 31.1 Å². The third kappa shape index (κ3) is 11.9. The van der Waals surface area contributed by atoms with Crippen LogP contribution in [0.4, 0.5) is 26.3 Å². The highest BCUT2D eigenvalue weighted by atomic mass is 19.4. The summed E-state index contributed by atoms with van der Waals surface area (Å²) in [6.07, 6.45) is -4.98. The molecule has 3 atom stereocenters. The third-order valence-corrected chi connectivity index (χ3v) is 7.38. The Bertz CT molecular complexity index is 1690. The average Bonchev–Trinajstić information content (AvgIpc) is 3.50. The minimum absolute atomic E-state index is 0.139. The molecule has 50 heavy (non-hydrogen) atoms. The molecule has 0 radical (unpaired) electrons. The van der Waals surface area contributed by atoms with Gasteiger partial charge in [-0.05, 0) is 61.1 Å². The van der Waals surface area contributed by atoms with Crippen molar-refractivity contribution >= 4 is 34.7 Å². The first-order valence-corrected chi connectivity index (χ1v) is 14.9. The van der Waals surface area contributed by atoms with Gasteiger partial charge in [-0.1, -0.05) is 54.6 Å². The lowest BCUT2D eigenvalue weighted by Gasteiger charge is -2.30. The molecule has 2 amide bonds. The molecule has 4 aromatic rings. The molecule has 6 N–H and O–H groups in total. The summed E-state index contributed by atoms with van der Waals surface area (Å²) >= 11 is 0. The van der Waals surface area contributed by atoms with Crippen LogP contribution in [0.5, 0.6) is 0 Å². The van der Waals surface area contributed by atoms with Gasteiger partial charge in [-0.15, -0.1) is 0 Å². The minimum atomic E-state index is -5.08. The van der Waals surface area contributed by atoms with Crippen LogP contribution in [0.15, 0.2) is 79.1 Å². The van der Waals surface area contributed by atoms with E-state index in [0.717, 1.165) is 29.6 Å². The molecular formula is C33H33F6N5O6. The number of carbonyl (C=O) groups is 4. The van der Waals surface area contributed by atoms with Crippen LogP contribution in [0.2, 0.25) is 0 Å². The molecule has 11 nitrogen and oxygen atoms in total. The number of aliphatic carboxylic acids is 2. The summed E-state index contributed by atoms with van der Waals surface area (Å²) in [6.45, 7) is 2.83. The van der Waals surface area contributed by atoms with E-state index >= 15 is 0 Å². The standard InChI is InChI=1S/C29H31N5O2.2C2HF3O2/c1-19(28(35)32-18-25-15-24-17-30-13-12-26(24)34-25)33-29(36)27-16-23(11-14-31-27)22-9-7-21(8-10-22)20-5-3-2-4-6-20;2*3-2(4,5)1(6)7/h2-10,12-13,15,17,19,23,27,31,34H,11,14,16,18H2,1H3,(H,32,35)(H,33,36);2*(H,6,7)/t19?,23-,27+;;/m0../s1. The Morgan fingerprint density at radius 2 is 1.48 bits per heavy atom. The Labute approximate surface area is 281 Å². The van der Waals surface area contributed by atoms with Crippen molar-refractivity contribution < 1.29 is 55.7 Å². The van der Waals surface area contributed by atoms with Crippen LogP contribution in [-0.4, -0.2) is 74.9 Å². The number of carboxylic acid groups (broad SMARTS) is 2. The number of benzene rings is 2. The molecule has 1 unspecified atom stereocenters. The van der Waals surface area contributed by atoms with Crippen LogP contribution in [0.25, 0.3) is 22.0 Å². The molecule has 0 saturated carbocycles. The topological polar surface area (TPSA) is 174 Å². The molecule has 0 bridgehead atoms. The number of carbonyl (C=O) groups excluding carboxylic acids is 2. The summed E-state index contributed by atoms with van der Waals surface area (Å²) in [5.74, 6) is -5.57. The zero-order valence-corrected chi connectivity index (χ0v) is 26.3. The molecule has 5 rings (SSSR count). The highest BCUT2D eigenvalue weighted by molar-refractivity contribution is 5.89. The van der Waals surface area contributed by atoms with Crippen LogP contribution in [0.1, 0.15) is 36.9 Å². The molecule has 1 fully saturated rings. The molecule has 0 spiro atoms. The number of amides is 2. The number of fused-ring (bicyclic) bond motifs is 1. The summed E-state index contributed by atoms with van der Waals surface area (Å²) < 4.78 is 63.5. The predicted molar refractivity (Wildman–Crippen MR) is 169 cm³/mol. The molecule has 2 aromatic heterocycles. The Kier molecular flexibility index (Phi) is 13.5. The van der Waals surface area contributed by atoms with Crippen molar-refractivity contribution in [1.82, 2.24) is 25.9 Å². The van der Waals surface area contributed by atoms with Gasteiger partial charge in [0.05, 0.1) is 12.6 Å². The summed E-state index contributed by atoms with van der Waals surface area (Å²) in [5, 5.41) is 24.3. The maximum absolute atomic E-state index is 13.0. The fraction of sp³-hybridized carbons (Fsp3) is 0.303. The first kappa shape index (κ1) is 39.0. The van der Waals surface area contributed by atoms with Gasteiger partial charge in [0.15, 0.2) is 0 Å². The van der Waals surface area contributed by atoms with Crippen molar-refractivity contribution in [2.75, 3.05) is 6.54 Å². The first-order chi connectivity index (χ1) is 23.5. The van der Waals surface area contributed by atoms with Crippen molar-refractivity contribution in [2.45, 2.75) is 56.7 Å². The van der Waals surface area contributed by atoms with Gasteiger partial charge in [0.1, 0.15) is 6.04 Å². The second-order valence-electron chi connectivity index (χ2n) is 11.0. The molecule has 3 heterocycles. The highest BCUT2D eigenvalue weighted by Gasteiger charge is 2.39. The second-order valence-corrected chi connectivity index (χ2v) is 11.0. The fourth-order valence-electron chi connectivity index (χ4n) is 4.84. The van der Waals surface area contributed by atoms with E-state index in [-0.39, 0.29) is 17.9 Å². The lowest BCUT2D eigenvalue weighted by atomic mass is 9.85. The van der Waals surface area contributed by atoms with Gasteiger partial charge in [0, 0.05) is 29.0 Å². The number of halogens is 6. The second kappa shape index (κ2) is 17.3. The van der Waals surface area contributed by atoms with Crippen LogP contribution in [-0.2, 0) is 25.7 Å². The van der Waals surface area contributed by atoms with Crippen molar-refractivity contribution in [3.8, 4) is 11.1 Å². The number of carboxylic acids is 2. The normalized spacial score (nSPS) is 16.5. The largest absolute Gasteiger partial charge is 0.490 e. The van der Waals surface area contributed by atoms with Crippen molar-refractivity contribution in [3.05, 3.63) is 90.4 Å². The van der Waals surface area contributed by atoms with E-state index in [0.29, 0.717) is 18.9 Å². The number of hydrogen-bond acceptors (Lipinski definition) is 6. The van der Waals surface area contributed by atoms with Crippen molar-refractivity contribution in [3.63, 3.8) is 0 Å². The zero-order valence-electron chi connectivity index (χ0n) is 26.3. The van der Waals surface area contributed by atoms with E-state index in [9.17, 15) is 35.9 Å². The van der Waals surface area contributed by atoms with Crippen LogP contribution in [0.3, 0.4) is 0 Å². The zero-order chi connectivity index (χ0) is 37.1. The maximum Gasteiger partial charge on any atom is 0.490 e. The van der Waals surface area contributed by atoms with E-state index < -0.39 is 30.3 Å². The van der Waals surface area contributed by atoms with E-state index in [1.54, 1.807) is 19.3 Å². The molecule has 268 valence electrons. The number of pyridine rings is 1. The SMILES string of the molecule is CC(NC(=O)[C@H]1C[C@@H](c2ccc(-c3ccccc3)cc2)CCN1)C(=O)NCc1cc2cnccc2[nH]1.O=C(O)C(F)(F)F.O=C(O)C(F)(F)F. The van der Waals surface area contributed by atoms with Gasteiger partial charge >= 0.3 is 24.3 Å². The van der Waals surface area contributed by atoms with Crippen LogP contribution in [0, 0.1) is 0 Å². The number of H-pyrrole nitrogens is 1. The Morgan fingerprint density at radius 3 is 2.04 bits per heavy atom. The fourth-order valence-corrected chi connectivity index (χ4v) is 4.84. The van der Waals surface area contributed by atoms with Gasteiger partial charge in [0.2, 0.25) is 11.8 Å². The van der Waals surface area contributed by atoms with Gasteiger partial charge in [-0.25, -0.2) is 9.59 Å². The van der Waals surface area contributed by atoms with Crippen molar-refractivity contribution in [2.24, 2.45) is 0 Å². The van der Waals surface area contributed by atoms with Crippen molar-refractivity contribution in [1.29, 1.82) is 0 Å². The maximum atomic E-state index is 13.0. The lowest BCUT2D eigenvalue weighted by molar-refractivity contribution is -0.193. The quantitative estimate of drug-likeness (QED) is 0.143. The summed E-state index contributed by atoms with van der Waals surface area (Å²) in [6, 6.07) is 21.9. The number of aromatic nitrogens is 2. The van der Waals surface area contributed by atoms with E-state index in [2.05, 4.69) is 62.3 Å². The van der Waals surface area contributed by atoms with E-state index in [1.807, 2.05) is 30.3 Å². The number of alkyl halides is 6. The smallest absolute Gasteiger partial charge is 0.475 e. The van der Waals surface area contributed by atoms with E-state index in [1.165, 1.54) is 16.7 Å². The van der Waals surface area contributed by atoms with E-state index in [4.69, 9.17) is 19.8 Å². The van der Waals surface area contributed by atoms with Gasteiger partial charge in [0.25, 0.3) is 0 Å². The third-order valence-electron chi connectivity index (χ3n) is 7.38. The molecule has 1 aliphatic heterocycles. The molecule has 1 aliphatic rings. The summed E-state index contributed by atoms with van der Waals surface area (Å²) in [5.41, 5.74) is 5.49. The summed E-state index contributed by atoms with van der Waals surface area (Å²) in [7, 11) is 0. The monoisotopic (exact) mass is 709 g/mol. The number of piperidine rings is 1. The lowest BCUT2D eigenvalue weighted by Crippen LogP contribution is -2.53. The summed E-state index contributed by atoms with van der Waals surface area (Å²) in [4.78, 5) is 50.7. The number of nitrogens with zero attached hydrogens (tertiary/aromatic N) is 1. The Hall–Kier alpha value is -5.45. The van der Waals surface area contributed by atoms with Crippen LogP contribution >= 0.6 is 0 Å². The number of aromatic amines is 1. The Morgan fingerprint density at radius 1 is 0.900 bits per heavy atom. The molecule has 0 aliphatic carbocycles. The Balaban J connectivity index is 0.000000408.